The Labute approximate surface area is 142 Å². The Balaban J connectivity index is 2.24. The highest BCUT2D eigenvalue weighted by Gasteiger charge is 2.51. The zero-order chi connectivity index (χ0) is 18.6. The lowest BCUT2D eigenvalue weighted by atomic mass is 9.91. The largest absolute Gasteiger partial charge is 0.421 e. The van der Waals surface area contributed by atoms with E-state index in [0.29, 0.717) is 22.6 Å². The Bertz CT molecular complexity index is 960. The van der Waals surface area contributed by atoms with Crippen molar-refractivity contribution in [2.75, 3.05) is 5.73 Å². The molecule has 0 fully saturated rings. The lowest BCUT2D eigenvalue weighted by Gasteiger charge is -2.27. The molecule has 0 radical (unpaired) electrons. The van der Waals surface area contributed by atoms with Gasteiger partial charge in [-0.05, 0) is 38.0 Å². The Morgan fingerprint density at radius 1 is 1.20 bits per heavy atom. The number of aromatic nitrogens is 3. The van der Waals surface area contributed by atoms with Crippen molar-refractivity contribution < 1.29 is 18.3 Å². The zero-order valence-corrected chi connectivity index (χ0v) is 13.9. The molecule has 1 aromatic carbocycles. The molecule has 0 aliphatic carbocycles. The van der Waals surface area contributed by atoms with Gasteiger partial charge in [0.1, 0.15) is 0 Å². The number of imidazole rings is 1. The van der Waals surface area contributed by atoms with E-state index in [9.17, 15) is 18.3 Å². The fourth-order valence-electron chi connectivity index (χ4n) is 2.70. The zero-order valence-electron chi connectivity index (χ0n) is 13.9. The Hall–Kier alpha value is -2.61. The number of aliphatic hydroxyl groups is 1. The van der Waals surface area contributed by atoms with Gasteiger partial charge in [-0.2, -0.15) is 13.2 Å². The van der Waals surface area contributed by atoms with Crippen LogP contribution in [0, 0.1) is 13.8 Å². The maximum absolute atomic E-state index is 13.2. The second-order valence-electron chi connectivity index (χ2n) is 6.20. The third-order valence-corrected chi connectivity index (χ3v) is 4.27. The van der Waals surface area contributed by atoms with E-state index in [4.69, 9.17) is 5.73 Å². The van der Waals surface area contributed by atoms with E-state index in [2.05, 4.69) is 9.97 Å². The number of fused-ring (bicyclic) bond motifs is 1. The minimum absolute atomic E-state index is 0.238. The molecule has 25 heavy (non-hydrogen) atoms. The lowest BCUT2D eigenvalue weighted by Crippen LogP contribution is -2.39. The maximum atomic E-state index is 13.2. The summed E-state index contributed by atoms with van der Waals surface area (Å²) in [4.78, 5) is 8.33. The molecule has 1 unspecified atom stereocenters. The van der Waals surface area contributed by atoms with Crippen LogP contribution < -0.4 is 5.73 Å². The summed E-state index contributed by atoms with van der Waals surface area (Å²) in [6.45, 7) is 4.28. The molecule has 2 heterocycles. The number of alkyl halides is 3. The van der Waals surface area contributed by atoms with E-state index in [1.807, 2.05) is 0 Å². The maximum Gasteiger partial charge on any atom is 0.421 e. The SMILES string of the molecule is Cc1cn2c(-c3cc(C(C)(O)C(F)(F)F)ccc3C)cnc2c(N)n1. The predicted octanol–water partition coefficient (Wildman–Crippen LogP) is 3.37. The monoisotopic (exact) mass is 350 g/mol. The van der Waals surface area contributed by atoms with Gasteiger partial charge in [-0.25, -0.2) is 9.97 Å². The molecule has 132 valence electrons. The fourth-order valence-corrected chi connectivity index (χ4v) is 2.70. The van der Waals surface area contributed by atoms with Gasteiger partial charge in [0.15, 0.2) is 17.1 Å². The van der Waals surface area contributed by atoms with Crippen molar-refractivity contribution in [2.45, 2.75) is 32.5 Å². The number of nitrogens with zero attached hydrogens (tertiary/aromatic N) is 3. The normalized spacial score (nSPS) is 14.7. The summed E-state index contributed by atoms with van der Waals surface area (Å²) in [6.07, 6.45) is -1.55. The molecule has 5 nitrogen and oxygen atoms in total. The summed E-state index contributed by atoms with van der Waals surface area (Å²) in [7, 11) is 0. The number of nitrogens with two attached hydrogens (primary N) is 1. The molecule has 8 heteroatoms. The first-order valence-electron chi connectivity index (χ1n) is 7.53. The molecule has 0 amide bonds. The Kier molecular flexibility index (Phi) is 3.75. The van der Waals surface area contributed by atoms with Gasteiger partial charge in [0.25, 0.3) is 0 Å². The van der Waals surface area contributed by atoms with Gasteiger partial charge in [0, 0.05) is 11.8 Å². The number of nitrogen functional groups attached to an aromatic ring is 1. The molecule has 0 aliphatic heterocycles. The van der Waals surface area contributed by atoms with Crippen LogP contribution in [0.25, 0.3) is 16.9 Å². The van der Waals surface area contributed by atoms with Crippen molar-refractivity contribution in [1.29, 1.82) is 0 Å². The molecule has 0 aliphatic rings. The van der Waals surface area contributed by atoms with Crippen molar-refractivity contribution in [3.63, 3.8) is 0 Å². The summed E-state index contributed by atoms with van der Waals surface area (Å²) in [5.74, 6) is 0.238. The molecule has 0 saturated heterocycles. The fraction of sp³-hybridized carbons (Fsp3) is 0.294. The molecule has 3 rings (SSSR count). The summed E-state index contributed by atoms with van der Waals surface area (Å²) in [5, 5.41) is 9.96. The van der Waals surface area contributed by atoms with Crippen LogP contribution in [0.1, 0.15) is 23.7 Å². The molecule has 0 saturated carbocycles. The number of halogens is 3. The molecule has 0 spiro atoms. The van der Waals surface area contributed by atoms with Gasteiger partial charge < -0.3 is 10.8 Å². The second-order valence-corrected chi connectivity index (χ2v) is 6.20. The minimum Gasteiger partial charge on any atom is -0.381 e. The predicted molar refractivity (Wildman–Crippen MR) is 87.9 cm³/mol. The average Bonchev–Trinajstić information content (AvgIpc) is 2.90. The summed E-state index contributed by atoms with van der Waals surface area (Å²) >= 11 is 0. The average molecular weight is 350 g/mol. The van der Waals surface area contributed by atoms with Crippen LogP contribution >= 0.6 is 0 Å². The number of hydrogen-bond donors (Lipinski definition) is 2. The third kappa shape index (κ3) is 2.72. The van der Waals surface area contributed by atoms with Crippen LogP contribution in [0.15, 0.2) is 30.6 Å². The van der Waals surface area contributed by atoms with Gasteiger partial charge in [0.2, 0.25) is 0 Å². The highest BCUT2D eigenvalue weighted by molar-refractivity contribution is 5.72. The van der Waals surface area contributed by atoms with Crippen molar-refractivity contribution in [3.8, 4) is 11.3 Å². The molecule has 0 bridgehead atoms. The first kappa shape index (κ1) is 17.2. The van der Waals surface area contributed by atoms with E-state index in [0.717, 1.165) is 12.5 Å². The second kappa shape index (κ2) is 5.45. The van der Waals surface area contributed by atoms with E-state index < -0.39 is 11.8 Å². The van der Waals surface area contributed by atoms with Crippen LogP contribution in [0.2, 0.25) is 0 Å². The highest BCUT2D eigenvalue weighted by atomic mass is 19.4. The van der Waals surface area contributed by atoms with Crippen LogP contribution in [-0.4, -0.2) is 25.7 Å². The summed E-state index contributed by atoms with van der Waals surface area (Å²) in [6, 6.07) is 4.15. The van der Waals surface area contributed by atoms with E-state index in [1.54, 1.807) is 30.5 Å². The summed E-state index contributed by atoms with van der Waals surface area (Å²) in [5.41, 5.74) is 5.59. The van der Waals surface area contributed by atoms with E-state index >= 15 is 0 Å². The van der Waals surface area contributed by atoms with Gasteiger partial charge >= 0.3 is 6.18 Å². The standard InChI is InChI=1S/C17H17F3N4O/c1-9-4-5-11(16(3,25)17(18,19)20)6-12(9)13-7-22-15-14(21)23-10(2)8-24(13)15/h4-8,25H,1-3H3,(H2,21,23). The van der Waals surface area contributed by atoms with Crippen molar-refractivity contribution in [2.24, 2.45) is 0 Å². The molecule has 3 aromatic rings. The van der Waals surface area contributed by atoms with Crippen LogP contribution in [0.5, 0.6) is 0 Å². The van der Waals surface area contributed by atoms with Crippen LogP contribution in [0.4, 0.5) is 19.0 Å². The Morgan fingerprint density at radius 3 is 2.52 bits per heavy atom. The van der Waals surface area contributed by atoms with Crippen molar-refractivity contribution in [3.05, 3.63) is 47.4 Å². The van der Waals surface area contributed by atoms with Crippen LogP contribution in [-0.2, 0) is 5.60 Å². The van der Waals surface area contributed by atoms with Crippen molar-refractivity contribution >= 4 is 11.5 Å². The van der Waals surface area contributed by atoms with Gasteiger partial charge in [-0.3, -0.25) is 4.40 Å². The number of hydrogen-bond acceptors (Lipinski definition) is 4. The first-order chi connectivity index (χ1) is 11.5. The molecule has 3 N–H and O–H groups in total. The lowest BCUT2D eigenvalue weighted by molar-refractivity contribution is -0.258. The number of benzene rings is 1. The number of rotatable bonds is 2. The molecule has 2 aromatic heterocycles. The summed E-state index contributed by atoms with van der Waals surface area (Å²) < 4.78 is 41.2. The minimum atomic E-state index is -4.79. The van der Waals surface area contributed by atoms with Gasteiger partial charge in [-0.15, -0.1) is 0 Å². The number of aryl methyl sites for hydroxylation is 2. The van der Waals surface area contributed by atoms with Gasteiger partial charge in [0.05, 0.1) is 17.6 Å². The van der Waals surface area contributed by atoms with E-state index in [1.165, 1.54) is 18.3 Å². The molecule has 1 atom stereocenters. The van der Waals surface area contributed by atoms with Gasteiger partial charge in [-0.1, -0.05) is 12.1 Å². The topological polar surface area (TPSA) is 76.4 Å². The smallest absolute Gasteiger partial charge is 0.381 e. The molecular formula is C17H17F3N4O. The first-order valence-corrected chi connectivity index (χ1v) is 7.53. The number of anilines is 1. The molecular weight excluding hydrogens is 333 g/mol. The highest BCUT2D eigenvalue weighted by Crippen LogP contribution is 2.40. The quantitative estimate of drug-likeness (QED) is 0.743. The third-order valence-electron chi connectivity index (χ3n) is 4.27. The van der Waals surface area contributed by atoms with Crippen LogP contribution in [0.3, 0.4) is 0 Å². The Morgan fingerprint density at radius 2 is 1.88 bits per heavy atom. The van der Waals surface area contributed by atoms with E-state index in [-0.39, 0.29) is 11.4 Å². The van der Waals surface area contributed by atoms with Crippen molar-refractivity contribution in [1.82, 2.24) is 14.4 Å².